The van der Waals surface area contributed by atoms with Crippen LogP contribution in [0.4, 0.5) is 0 Å². The van der Waals surface area contributed by atoms with Crippen molar-refractivity contribution in [2.24, 2.45) is 10.8 Å². The molecular weight excluding hydrogens is 192 g/mol. The van der Waals surface area contributed by atoms with E-state index in [-0.39, 0.29) is 5.78 Å². The van der Waals surface area contributed by atoms with Crippen LogP contribution in [-0.2, 0) is 14.3 Å². The molecule has 0 aromatic rings. The molecule has 0 heterocycles. The molecule has 1 fully saturated rings. The summed E-state index contributed by atoms with van der Waals surface area (Å²) < 4.78 is 4.99. The van der Waals surface area contributed by atoms with Gasteiger partial charge in [0.25, 0.3) is 0 Å². The molecule has 0 aromatic carbocycles. The van der Waals surface area contributed by atoms with E-state index >= 15 is 0 Å². The fraction of sp³-hybridized carbons (Fsp3) is 0.667. The van der Waals surface area contributed by atoms with Gasteiger partial charge in [-0.3, -0.25) is 9.59 Å². The summed E-state index contributed by atoms with van der Waals surface area (Å²) in [4.78, 5) is 23.7. The molecule has 1 aliphatic rings. The van der Waals surface area contributed by atoms with Gasteiger partial charge in [-0.1, -0.05) is 13.0 Å². The van der Waals surface area contributed by atoms with E-state index in [0.29, 0.717) is 19.4 Å². The molecule has 3 nitrogen and oxygen atoms in total. The molecule has 0 aliphatic heterocycles. The van der Waals surface area contributed by atoms with Crippen LogP contribution in [0.5, 0.6) is 0 Å². The molecule has 1 rings (SSSR count). The Labute approximate surface area is 90.5 Å². The number of carbonyl (C=O) groups excluding carboxylic acids is 2. The van der Waals surface area contributed by atoms with Gasteiger partial charge in [-0.15, -0.1) is 6.58 Å². The molecule has 0 saturated heterocycles. The minimum absolute atomic E-state index is 0.0386. The van der Waals surface area contributed by atoms with E-state index in [1.54, 1.807) is 19.9 Å². The van der Waals surface area contributed by atoms with Crippen molar-refractivity contribution in [3.63, 3.8) is 0 Å². The predicted octanol–water partition coefficient (Wildman–Crippen LogP) is 2.11. The van der Waals surface area contributed by atoms with Gasteiger partial charge < -0.3 is 4.74 Å². The van der Waals surface area contributed by atoms with Crippen molar-refractivity contribution < 1.29 is 14.3 Å². The van der Waals surface area contributed by atoms with Crippen LogP contribution in [0.25, 0.3) is 0 Å². The molecule has 0 spiro atoms. The monoisotopic (exact) mass is 210 g/mol. The number of Topliss-reactive ketones (excluding diaryl/α,β-unsaturated/α-hetero) is 1. The fourth-order valence-electron chi connectivity index (χ4n) is 2.12. The second-order valence-electron chi connectivity index (χ2n) is 4.39. The molecular formula is C12H18O3. The van der Waals surface area contributed by atoms with Gasteiger partial charge in [0.2, 0.25) is 0 Å². The lowest BCUT2D eigenvalue weighted by Gasteiger charge is -2.34. The van der Waals surface area contributed by atoms with E-state index in [1.165, 1.54) is 0 Å². The second kappa shape index (κ2) is 3.80. The lowest BCUT2D eigenvalue weighted by Crippen LogP contribution is -2.44. The maximum Gasteiger partial charge on any atom is 0.320 e. The predicted molar refractivity (Wildman–Crippen MR) is 57.3 cm³/mol. The van der Waals surface area contributed by atoms with Gasteiger partial charge in [0.1, 0.15) is 5.41 Å². The average molecular weight is 210 g/mol. The van der Waals surface area contributed by atoms with Crippen LogP contribution >= 0.6 is 0 Å². The summed E-state index contributed by atoms with van der Waals surface area (Å²) in [6, 6.07) is 0. The molecule has 0 amide bonds. The van der Waals surface area contributed by atoms with Gasteiger partial charge in [-0.05, 0) is 20.3 Å². The fourth-order valence-corrected chi connectivity index (χ4v) is 2.12. The van der Waals surface area contributed by atoms with Crippen LogP contribution in [0, 0.1) is 10.8 Å². The minimum Gasteiger partial charge on any atom is -0.465 e. The number of allylic oxidation sites excluding steroid dienone is 1. The highest BCUT2D eigenvalue weighted by atomic mass is 16.5. The summed E-state index contributed by atoms with van der Waals surface area (Å²) in [5, 5.41) is 0. The van der Waals surface area contributed by atoms with Crippen molar-refractivity contribution in [2.45, 2.75) is 33.6 Å². The van der Waals surface area contributed by atoms with Crippen LogP contribution in [0.15, 0.2) is 12.7 Å². The van der Waals surface area contributed by atoms with Crippen molar-refractivity contribution in [3.8, 4) is 0 Å². The third-order valence-corrected chi connectivity index (χ3v) is 3.71. The van der Waals surface area contributed by atoms with E-state index in [9.17, 15) is 9.59 Å². The first-order valence-electron chi connectivity index (χ1n) is 5.26. The lowest BCUT2D eigenvalue weighted by molar-refractivity contribution is -0.162. The number of ether oxygens (including phenoxy) is 1. The van der Waals surface area contributed by atoms with Gasteiger partial charge in [-0.2, -0.15) is 0 Å². The normalized spacial score (nSPS) is 35.3. The summed E-state index contributed by atoms with van der Waals surface area (Å²) in [7, 11) is 0. The molecule has 0 unspecified atom stereocenters. The van der Waals surface area contributed by atoms with Crippen LogP contribution in [0.2, 0.25) is 0 Å². The maximum absolute atomic E-state index is 11.9. The first kappa shape index (κ1) is 12.0. The van der Waals surface area contributed by atoms with Gasteiger partial charge in [0, 0.05) is 11.8 Å². The summed E-state index contributed by atoms with van der Waals surface area (Å²) >= 11 is 0. The zero-order valence-corrected chi connectivity index (χ0v) is 9.63. The Morgan fingerprint density at radius 2 is 2.20 bits per heavy atom. The Hall–Kier alpha value is -1.12. The van der Waals surface area contributed by atoms with Crippen molar-refractivity contribution >= 4 is 11.8 Å². The molecule has 15 heavy (non-hydrogen) atoms. The lowest BCUT2D eigenvalue weighted by atomic mass is 9.67. The maximum atomic E-state index is 11.9. The highest BCUT2D eigenvalue weighted by molar-refractivity contribution is 6.06. The molecule has 0 N–H and O–H groups in total. The SMILES string of the molecule is C=C[C@@]1(C)CCC(=O)[C@]1(C)C(=O)OCC. The molecule has 84 valence electrons. The largest absolute Gasteiger partial charge is 0.465 e. The molecule has 1 saturated carbocycles. The van der Waals surface area contributed by atoms with E-state index in [2.05, 4.69) is 6.58 Å². The molecule has 0 radical (unpaired) electrons. The third kappa shape index (κ3) is 1.50. The van der Waals surface area contributed by atoms with Gasteiger partial charge in [-0.25, -0.2) is 0 Å². The number of esters is 1. The molecule has 3 heteroatoms. The average Bonchev–Trinajstić information content (AvgIpc) is 2.45. The molecule has 2 atom stereocenters. The minimum atomic E-state index is -1.05. The zero-order chi connectivity index (χ0) is 11.7. The number of rotatable bonds is 3. The summed E-state index contributed by atoms with van der Waals surface area (Å²) in [6.07, 6.45) is 2.80. The smallest absolute Gasteiger partial charge is 0.320 e. The summed E-state index contributed by atoms with van der Waals surface area (Å²) in [5.41, 5.74) is -1.53. The first-order valence-corrected chi connectivity index (χ1v) is 5.26. The highest BCUT2D eigenvalue weighted by Gasteiger charge is 2.58. The van der Waals surface area contributed by atoms with Gasteiger partial charge >= 0.3 is 5.97 Å². The van der Waals surface area contributed by atoms with Crippen LogP contribution < -0.4 is 0 Å². The van der Waals surface area contributed by atoms with Crippen molar-refractivity contribution in [1.29, 1.82) is 0 Å². The topological polar surface area (TPSA) is 43.4 Å². The number of carbonyl (C=O) groups is 2. The van der Waals surface area contributed by atoms with E-state index in [1.807, 2.05) is 6.92 Å². The van der Waals surface area contributed by atoms with Crippen molar-refractivity contribution in [3.05, 3.63) is 12.7 Å². The summed E-state index contributed by atoms with van der Waals surface area (Å²) in [6.45, 7) is 9.33. The molecule has 1 aliphatic carbocycles. The van der Waals surface area contributed by atoms with Crippen LogP contribution in [0.3, 0.4) is 0 Å². The van der Waals surface area contributed by atoms with Crippen molar-refractivity contribution in [2.75, 3.05) is 6.61 Å². The van der Waals surface area contributed by atoms with Crippen LogP contribution in [0.1, 0.15) is 33.6 Å². The van der Waals surface area contributed by atoms with E-state index in [4.69, 9.17) is 4.74 Å². The number of hydrogen-bond donors (Lipinski definition) is 0. The first-order chi connectivity index (χ1) is 6.92. The molecule has 0 bridgehead atoms. The number of ketones is 1. The summed E-state index contributed by atoms with van der Waals surface area (Å²) in [5.74, 6) is -0.460. The molecule has 0 aromatic heterocycles. The van der Waals surface area contributed by atoms with E-state index < -0.39 is 16.8 Å². The van der Waals surface area contributed by atoms with Gasteiger partial charge in [0.05, 0.1) is 6.61 Å². The number of hydrogen-bond acceptors (Lipinski definition) is 3. The Morgan fingerprint density at radius 1 is 1.60 bits per heavy atom. The van der Waals surface area contributed by atoms with Crippen molar-refractivity contribution in [1.82, 2.24) is 0 Å². The zero-order valence-electron chi connectivity index (χ0n) is 9.63. The Morgan fingerprint density at radius 3 is 2.67 bits per heavy atom. The third-order valence-electron chi connectivity index (χ3n) is 3.71. The Balaban J connectivity index is 3.11. The van der Waals surface area contributed by atoms with Gasteiger partial charge in [0.15, 0.2) is 5.78 Å². The van der Waals surface area contributed by atoms with Crippen LogP contribution in [-0.4, -0.2) is 18.4 Å². The highest BCUT2D eigenvalue weighted by Crippen LogP contribution is 2.51. The Kier molecular flexibility index (Phi) is 3.03. The Bertz CT molecular complexity index is 308. The quantitative estimate of drug-likeness (QED) is 0.407. The van der Waals surface area contributed by atoms with E-state index in [0.717, 1.165) is 0 Å². The standard InChI is InChI=1S/C12H18O3/c1-5-11(3)8-7-9(13)12(11,4)10(14)15-6-2/h5H,1,6-8H2,2-4H3/t11-,12+/m0/s1. The second-order valence-corrected chi connectivity index (χ2v) is 4.39.